The van der Waals surface area contributed by atoms with Gasteiger partial charge in [0.2, 0.25) is 16.0 Å². The van der Waals surface area contributed by atoms with E-state index in [9.17, 15) is 22.4 Å². The number of nitrogens with two attached hydrogens (primary N) is 1. The molecule has 4 aromatic rings. The third kappa shape index (κ3) is 6.42. The SMILES string of the molecule is CN(c1ccccc1Nc1nc(Nc2cc(NC(=O)c3cccnc3)ccc2F)ncc1C(N)=O)S(C)(=O)=O. The lowest BCUT2D eigenvalue weighted by Crippen LogP contribution is -2.25. The number of hydrogen-bond acceptors (Lipinski definition) is 9. The van der Waals surface area contributed by atoms with E-state index in [1.54, 1.807) is 36.4 Å². The Balaban J connectivity index is 1.63. The monoisotopic (exact) mass is 550 g/mol. The van der Waals surface area contributed by atoms with Gasteiger partial charge in [-0.3, -0.25) is 18.9 Å². The van der Waals surface area contributed by atoms with Crippen molar-refractivity contribution in [2.75, 3.05) is 33.6 Å². The van der Waals surface area contributed by atoms with Crippen LogP contribution < -0.4 is 26.0 Å². The van der Waals surface area contributed by atoms with Crippen LogP contribution in [0.5, 0.6) is 0 Å². The molecule has 2 heterocycles. The summed E-state index contributed by atoms with van der Waals surface area (Å²) in [6, 6.07) is 13.5. The van der Waals surface area contributed by atoms with Crippen molar-refractivity contribution in [1.29, 1.82) is 0 Å². The first-order valence-electron chi connectivity index (χ1n) is 11.3. The number of sulfonamides is 1. The van der Waals surface area contributed by atoms with E-state index in [0.717, 1.165) is 22.8 Å². The number of carbonyl (C=O) groups excluding carboxylic acids is 2. The van der Waals surface area contributed by atoms with Crippen LogP contribution in [0, 0.1) is 5.82 Å². The number of rotatable bonds is 9. The van der Waals surface area contributed by atoms with E-state index >= 15 is 0 Å². The third-order valence-electron chi connectivity index (χ3n) is 5.44. The Morgan fingerprint density at radius 2 is 1.77 bits per heavy atom. The summed E-state index contributed by atoms with van der Waals surface area (Å²) in [6.07, 6.45) is 5.13. The molecule has 0 aliphatic heterocycles. The minimum Gasteiger partial charge on any atom is -0.365 e. The predicted molar refractivity (Wildman–Crippen MR) is 145 cm³/mol. The van der Waals surface area contributed by atoms with Gasteiger partial charge in [-0.15, -0.1) is 0 Å². The van der Waals surface area contributed by atoms with Crippen molar-refractivity contribution in [3.05, 3.63) is 90.1 Å². The molecule has 4 rings (SSSR count). The molecule has 39 heavy (non-hydrogen) atoms. The highest BCUT2D eigenvalue weighted by molar-refractivity contribution is 7.92. The normalized spacial score (nSPS) is 10.9. The molecule has 0 fully saturated rings. The minimum absolute atomic E-state index is 0.0456. The molecule has 0 aliphatic carbocycles. The van der Waals surface area contributed by atoms with E-state index in [2.05, 4.69) is 30.9 Å². The van der Waals surface area contributed by atoms with Gasteiger partial charge in [0.25, 0.3) is 11.8 Å². The van der Waals surface area contributed by atoms with Crippen molar-refractivity contribution in [1.82, 2.24) is 15.0 Å². The van der Waals surface area contributed by atoms with Gasteiger partial charge in [0.1, 0.15) is 17.2 Å². The average Bonchev–Trinajstić information content (AvgIpc) is 2.90. The zero-order valence-electron chi connectivity index (χ0n) is 20.7. The summed E-state index contributed by atoms with van der Waals surface area (Å²) in [7, 11) is -2.22. The molecule has 0 unspecified atom stereocenters. The van der Waals surface area contributed by atoms with Crippen LogP contribution in [0.2, 0.25) is 0 Å². The van der Waals surface area contributed by atoms with E-state index in [-0.39, 0.29) is 34.4 Å². The van der Waals surface area contributed by atoms with Gasteiger partial charge in [0.05, 0.1) is 28.9 Å². The first kappa shape index (κ1) is 26.9. The second-order valence-corrected chi connectivity index (χ2v) is 10.2. The summed E-state index contributed by atoms with van der Waals surface area (Å²) >= 11 is 0. The lowest BCUT2D eigenvalue weighted by atomic mass is 10.2. The number of hydrogen-bond donors (Lipinski definition) is 4. The Labute approximate surface area is 223 Å². The molecule has 0 spiro atoms. The Morgan fingerprint density at radius 3 is 2.46 bits per heavy atom. The molecule has 12 nitrogen and oxygen atoms in total. The predicted octanol–water partition coefficient (Wildman–Crippen LogP) is 3.24. The highest BCUT2D eigenvalue weighted by Crippen LogP contribution is 2.31. The minimum atomic E-state index is -3.60. The van der Waals surface area contributed by atoms with Crippen LogP contribution in [0.4, 0.5) is 38.9 Å². The first-order chi connectivity index (χ1) is 18.5. The van der Waals surface area contributed by atoms with E-state index < -0.39 is 27.7 Å². The van der Waals surface area contributed by atoms with E-state index in [1.165, 1.54) is 31.6 Å². The van der Waals surface area contributed by atoms with Crippen molar-refractivity contribution in [2.45, 2.75) is 0 Å². The van der Waals surface area contributed by atoms with Crippen LogP contribution >= 0.6 is 0 Å². The van der Waals surface area contributed by atoms with Gasteiger partial charge in [-0.25, -0.2) is 17.8 Å². The smallest absolute Gasteiger partial charge is 0.257 e. The average molecular weight is 551 g/mol. The maximum absolute atomic E-state index is 14.6. The summed E-state index contributed by atoms with van der Waals surface area (Å²) < 4.78 is 39.9. The number of pyridine rings is 1. The zero-order valence-corrected chi connectivity index (χ0v) is 21.5. The van der Waals surface area contributed by atoms with E-state index in [1.807, 2.05) is 0 Å². The molecule has 2 amide bonds. The van der Waals surface area contributed by atoms with Crippen LogP contribution in [0.1, 0.15) is 20.7 Å². The zero-order chi connectivity index (χ0) is 28.2. The molecule has 0 bridgehead atoms. The van der Waals surface area contributed by atoms with Crippen LogP contribution in [0.15, 0.2) is 73.2 Å². The molecule has 0 radical (unpaired) electrons. The van der Waals surface area contributed by atoms with Crippen molar-refractivity contribution in [3.8, 4) is 0 Å². The quantitative estimate of drug-likeness (QED) is 0.244. The van der Waals surface area contributed by atoms with Crippen LogP contribution in [0.25, 0.3) is 0 Å². The molecule has 14 heteroatoms. The molecule has 200 valence electrons. The van der Waals surface area contributed by atoms with Gasteiger partial charge >= 0.3 is 0 Å². The number of halogens is 1. The van der Waals surface area contributed by atoms with Crippen molar-refractivity contribution in [3.63, 3.8) is 0 Å². The first-order valence-corrected chi connectivity index (χ1v) is 13.1. The molecular formula is C25H23FN8O4S. The standard InChI is InChI=1S/C25H23FN8O4S/c1-34(39(2,37)38)21-8-4-3-7-19(21)31-23-17(22(27)35)14-29-25(33-23)32-20-12-16(9-10-18(20)26)30-24(36)15-6-5-11-28-13-15/h3-14H,1-2H3,(H2,27,35)(H,30,36)(H2,29,31,32,33). The summed E-state index contributed by atoms with van der Waals surface area (Å²) in [6.45, 7) is 0. The van der Waals surface area contributed by atoms with E-state index in [4.69, 9.17) is 5.73 Å². The molecule has 0 saturated heterocycles. The van der Waals surface area contributed by atoms with Crippen LogP contribution in [-0.2, 0) is 10.0 Å². The van der Waals surface area contributed by atoms with E-state index in [0.29, 0.717) is 11.3 Å². The number of carbonyl (C=O) groups is 2. The topological polar surface area (TPSA) is 172 Å². The lowest BCUT2D eigenvalue weighted by molar-refractivity contribution is 0.0997. The Hall–Kier alpha value is -5.11. The van der Waals surface area contributed by atoms with Gasteiger partial charge in [0.15, 0.2) is 0 Å². The highest BCUT2D eigenvalue weighted by atomic mass is 32.2. The fourth-order valence-corrected chi connectivity index (χ4v) is 3.91. The number of nitrogens with one attached hydrogen (secondary N) is 3. The van der Waals surface area contributed by atoms with Gasteiger partial charge in [0, 0.05) is 31.3 Å². The lowest BCUT2D eigenvalue weighted by Gasteiger charge is -2.21. The third-order valence-corrected chi connectivity index (χ3v) is 6.63. The summed E-state index contributed by atoms with van der Waals surface area (Å²) in [5.74, 6) is -2.09. The number of para-hydroxylation sites is 2. The molecule has 2 aromatic carbocycles. The summed E-state index contributed by atoms with van der Waals surface area (Å²) in [5, 5.41) is 8.29. The molecule has 0 aliphatic rings. The molecular weight excluding hydrogens is 527 g/mol. The Bertz CT molecular complexity index is 1650. The maximum Gasteiger partial charge on any atom is 0.257 e. The number of primary amides is 1. The number of anilines is 6. The second kappa shape index (κ2) is 11.1. The van der Waals surface area contributed by atoms with Crippen LogP contribution in [0.3, 0.4) is 0 Å². The van der Waals surface area contributed by atoms with Gasteiger partial charge in [-0.2, -0.15) is 4.98 Å². The number of amides is 2. The fourth-order valence-electron chi connectivity index (χ4n) is 3.40. The van der Waals surface area contributed by atoms with Crippen molar-refractivity contribution < 1.29 is 22.4 Å². The molecule has 0 atom stereocenters. The number of nitrogens with zero attached hydrogens (tertiary/aromatic N) is 4. The van der Waals surface area contributed by atoms with Gasteiger partial charge in [-0.1, -0.05) is 12.1 Å². The summed E-state index contributed by atoms with van der Waals surface area (Å²) in [5.41, 5.74) is 6.54. The Kier molecular flexibility index (Phi) is 7.67. The fraction of sp³-hybridized carbons (Fsp3) is 0.0800. The summed E-state index contributed by atoms with van der Waals surface area (Å²) in [4.78, 5) is 36.7. The van der Waals surface area contributed by atoms with Gasteiger partial charge < -0.3 is 21.7 Å². The Morgan fingerprint density at radius 1 is 1.00 bits per heavy atom. The largest absolute Gasteiger partial charge is 0.365 e. The molecule has 2 aromatic heterocycles. The van der Waals surface area contributed by atoms with Crippen LogP contribution in [-0.4, -0.2) is 48.5 Å². The molecule has 0 saturated carbocycles. The van der Waals surface area contributed by atoms with Crippen molar-refractivity contribution >= 4 is 56.4 Å². The molecule has 5 N–H and O–H groups in total. The maximum atomic E-state index is 14.6. The van der Waals surface area contributed by atoms with Gasteiger partial charge in [-0.05, 0) is 42.5 Å². The number of benzene rings is 2. The number of aromatic nitrogens is 3. The second-order valence-electron chi connectivity index (χ2n) is 8.21. The highest BCUT2D eigenvalue weighted by Gasteiger charge is 2.19. The van der Waals surface area contributed by atoms with Crippen molar-refractivity contribution in [2.24, 2.45) is 5.73 Å².